The van der Waals surface area contributed by atoms with Crippen molar-refractivity contribution in [1.82, 2.24) is 0 Å². The predicted molar refractivity (Wildman–Crippen MR) is 279 cm³/mol. The Bertz CT molecular complexity index is 1310. The Labute approximate surface area is 400 Å². The van der Waals surface area contributed by atoms with Crippen molar-refractivity contribution < 1.29 is 28.6 Å². The second-order valence-electron chi connectivity index (χ2n) is 17.4. The number of hydrogen-bond acceptors (Lipinski definition) is 6. The average Bonchev–Trinajstić information content (AvgIpc) is 3.30. The van der Waals surface area contributed by atoms with E-state index in [2.05, 4.69) is 118 Å². The van der Waals surface area contributed by atoms with Crippen LogP contribution in [-0.4, -0.2) is 37.2 Å². The lowest BCUT2D eigenvalue weighted by molar-refractivity contribution is -0.167. The molecule has 0 fully saturated rings. The number of unbranched alkanes of at least 4 members (excludes halogenated alkanes) is 20. The van der Waals surface area contributed by atoms with E-state index in [1.54, 1.807) is 0 Å². The molecule has 6 nitrogen and oxygen atoms in total. The smallest absolute Gasteiger partial charge is 0.306 e. The summed E-state index contributed by atoms with van der Waals surface area (Å²) in [6, 6.07) is 0. The molecule has 0 N–H and O–H groups in total. The summed E-state index contributed by atoms with van der Waals surface area (Å²) in [5.74, 6) is -0.926. The van der Waals surface area contributed by atoms with E-state index in [4.69, 9.17) is 14.2 Å². The van der Waals surface area contributed by atoms with Gasteiger partial charge in [-0.1, -0.05) is 221 Å². The molecule has 6 heteroatoms. The summed E-state index contributed by atoms with van der Waals surface area (Å²) in [5.41, 5.74) is 0. The largest absolute Gasteiger partial charge is 0.462 e. The molecule has 0 bridgehead atoms. The number of carbonyl (C=O) groups is 3. The number of esters is 3. The molecule has 0 saturated carbocycles. The van der Waals surface area contributed by atoms with Gasteiger partial charge in [-0.2, -0.15) is 0 Å². The SMILES string of the molecule is CC/C=C\C/C=C\C/C=C\C/C=C\CCCCCCCCCCC(=O)OCC(COC(=O)CCCCCCCCCCC)OC(=O)CCCCCC/C=C\C/C=C\C/C=C\C/C=C\CC. The van der Waals surface area contributed by atoms with Gasteiger partial charge in [-0.25, -0.2) is 0 Å². The van der Waals surface area contributed by atoms with Crippen LogP contribution in [0, 0.1) is 0 Å². The van der Waals surface area contributed by atoms with Crippen LogP contribution in [0.15, 0.2) is 97.2 Å². The van der Waals surface area contributed by atoms with Gasteiger partial charge in [-0.3, -0.25) is 14.4 Å². The lowest BCUT2D eigenvalue weighted by Crippen LogP contribution is -2.30. The van der Waals surface area contributed by atoms with Gasteiger partial charge < -0.3 is 14.2 Å². The molecule has 0 aliphatic rings. The fraction of sp³-hybridized carbons (Fsp3) is 0.678. The summed E-state index contributed by atoms with van der Waals surface area (Å²) in [6.07, 6.45) is 69.7. The van der Waals surface area contributed by atoms with E-state index in [0.717, 1.165) is 128 Å². The third-order valence-corrected chi connectivity index (χ3v) is 11.1. The summed E-state index contributed by atoms with van der Waals surface area (Å²) >= 11 is 0. The first-order valence-electron chi connectivity index (χ1n) is 26.7. The van der Waals surface area contributed by atoms with Gasteiger partial charge in [-0.05, 0) is 96.3 Å². The van der Waals surface area contributed by atoms with E-state index in [1.165, 1.54) is 70.6 Å². The third kappa shape index (κ3) is 51.2. The molecule has 0 radical (unpaired) electrons. The zero-order valence-electron chi connectivity index (χ0n) is 42.2. The molecule has 370 valence electrons. The van der Waals surface area contributed by atoms with E-state index in [-0.39, 0.29) is 31.1 Å². The molecule has 0 amide bonds. The minimum absolute atomic E-state index is 0.0897. The van der Waals surface area contributed by atoms with Gasteiger partial charge in [0.15, 0.2) is 6.10 Å². The maximum Gasteiger partial charge on any atom is 0.306 e. The second kappa shape index (κ2) is 52.9. The van der Waals surface area contributed by atoms with Crippen LogP contribution in [0.1, 0.15) is 239 Å². The number of ether oxygens (including phenoxy) is 3. The summed E-state index contributed by atoms with van der Waals surface area (Å²) in [5, 5.41) is 0. The Morgan fingerprint density at radius 3 is 0.938 bits per heavy atom. The monoisotopic (exact) mass is 903 g/mol. The van der Waals surface area contributed by atoms with Crippen molar-refractivity contribution in [3.63, 3.8) is 0 Å². The van der Waals surface area contributed by atoms with Crippen LogP contribution in [0.4, 0.5) is 0 Å². The lowest BCUT2D eigenvalue weighted by atomic mass is 10.1. The topological polar surface area (TPSA) is 78.9 Å². The number of carbonyl (C=O) groups excluding carboxylic acids is 3. The molecule has 1 atom stereocenters. The molecule has 0 aromatic heterocycles. The summed E-state index contributed by atoms with van der Waals surface area (Å²) in [7, 11) is 0. The van der Waals surface area contributed by atoms with Crippen LogP contribution in [0.25, 0.3) is 0 Å². The molecule has 0 rings (SSSR count). The van der Waals surface area contributed by atoms with Crippen LogP contribution in [0.2, 0.25) is 0 Å². The molecule has 0 aromatic carbocycles. The van der Waals surface area contributed by atoms with Crippen molar-refractivity contribution in [3.8, 4) is 0 Å². The zero-order chi connectivity index (χ0) is 47.2. The van der Waals surface area contributed by atoms with Crippen LogP contribution >= 0.6 is 0 Å². The fourth-order valence-electron chi connectivity index (χ4n) is 7.13. The maximum absolute atomic E-state index is 12.8. The molecule has 0 aliphatic heterocycles. The first-order valence-corrected chi connectivity index (χ1v) is 26.7. The highest BCUT2D eigenvalue weighted by molar-refractivity contribution is 5.71. The Morgan fingerprint density at radius 2 is 0.600 bits per heavy atom. The third-order valence-electron chi connectivity index (χ3n) is 11.1. The first kappa shape index (κ1) is 61.3. The Kier molecular flexibility index (Phi) is 50.0. The lowest BCUT2D eigenvalue weighted by Gasteiger charge is -2.18. The minimum Gasteiger partial charge on any atom is -0.462 e. The average molecular weight is 903 g/mol. The van der Waals surface area contributed by atoms with Crippen molar-refractivity contribution in [1.29, 1.82) is 0 Å². The number of rotatable bonds is 47. The fourth-order valence-corrected chi connectivity index (χ4v) is 7.13. The Morgan fingerprint density at radius 1 is 0.323 bits per heavy atom. The van der Waals surface area contributed by atoms with Crippen LogP contribution in [0.5, 0.6) is 0 Å². The van der Waals surface area contributed by atoms with Crippen molar-refractivity contribution in [2.45, 2.75) is 245 Å². The maximum atomic E-state index is 12.8. The highest BCUT2D eigenvalue weighted by Gasteiger charge is 2.19. The molecule has 0 saturated heterocycles. The van der Waals surface area contributed by atoms with Gasteiger partial charge in [0.05, 0.1) is 0 Å². The predicted octanol–water partition coefficient (Wildman–Crippen LogP) is 17.8. The highest BCUT2D eigenvalue weighted by atomic mass is 16.6. The van der Waals surface area contributed by atoms with Crippen molar-refractivity contribution >= 4 is 17.9 Å². The molecule has 0 spiro atoms. The zero-order valence-corrected chi connectivity index (χ0v) is 42.2. The molecular weight excluding hydrogens is 805 g/mol. The van der Waals surface area contributed by atoms with Gasteiger partial charge in [0, 0.05) is 19.3 Å². The van der Waals surface area contributed by atoms with Crippen molar-refractivity contribution in [2.24, 2.45) is 0 Å². The molecule has 0 aromatic rings. The summed E-state index contributed by atoms with van der Waals surface area (Å²) in [4.78, 5) is 38.0. The Hall–Kier alpha value is -3.67. The van der Waals surface area contributed by atoms with Crippen LogP contribution in [-0.2, 0) is 28.6 Å². The number of allylic oxidation sites excluding steroid dienone is 16. The van der Waals surface area contributed by atoms with Crippen LogP contribution in [0.3, 0.4) is 0 Å². The standard InChI is InChI=1S/C59H98O6/c1-4-7-10-13-16-19-21-23-25-27-28-29-30-32-33-35-37-40-43-46-49-52-58(61)64-55-56(54-63-57(60)51-48-45-42-39-18-15-12-9-6-3)65-59(62)53-50-47-44-41-38-36-34-31-26-24-22-20-17-14-11-8-5-2/h7-8,10-11,16-17,19-20,23-26,28-29,34,36,56H,4-6,9,12-15,18,21-22,27,30-33,35,37-55H2,1-3H3/b10-7-,11-8-,19-16-,20-17-,25-23-,26-24-,29-28-,36-34-. The molecule has 0 heterocycles. The van der Waals surface area contributed by atoms with E-state index >= 15 is 0 Å². The Balaban J connectivity index is 4.36. The van der Waals surface area contributed by atoms with Crippen molar-refractivity contribution in [3.05, 3.63) is 97.2 Å². The van der Waals surface area contributed by atoms with Gasteiger partial charge in [0.2, 0.25) is 0 Å². The van der Waals surface area contributed by atoms with E-state index in [1.807, 2.05) is 0 Å². The minimum atomic E-state index is -0.792. The molecular formula is C59H98O6. The van der Waals surface area contributed by atoms with Gasteiger partial charge >= 0.3 is 17.9 Å². The molecule has 65 heavy (non-hydrogen) atoms. The molecule has 1 unspecified atom stereocenters. The van der Waals surface area contributed by atoms with E-state index in [0.29, 0.717) is 19.3 Å². The second-order valence-corrected chi connectivity index (χ2v) is 17.4. The summed E-state index contributed by atoms with van der Waals surface area (Å²) in [6.45, 7) is 6.36. The van der Waals surface area contributed by atoms with Gasteiger partial charge in [0.25, 0.3) is 0 Å². The highest BCUT2D eigenvalue weighted by Crippen LogP contribution is 2.14. The van der Waals surface area contributed by atoms with Gasteiger partial charge in [-0.15, -0.1) is 0 Å². The first-order chi connectivity index (χ1) is 32.0. The normalized spacial score (nSPS) is 12.8. The van der Waals surface area contributed by atoms with E-state index in [9.17, 15) is 14.4 Å². The molecule has 0 aliphatic carbocycles. The quantitative estimate of drug-likeness (QED) is 0.0262. The van der Waals surface area contributed by atoms with E-state index < -0.39 is 6.10 Å². The van der Waals surface area contributed by atoms with Crippen molar-refractivity contribution in [2.75, 3.05) is 13.2 Å². The van der Waals surface area contributed by atoms with Crippen LogP contribution < -0.4 is 0 Å². The summed E-state index contributed by atoms with van der Waals surface area (Å²) < 4.78 is 16.8. The van der Waals surface area contributed by atoms with Gasteiger partial charge in [0.1, 0.15) is 13.2 Å². The number of hydrogen-bond donors (Lipinski definition) is 0.